The van der Waals surface area contributed by atoms with Crippen LogP contribution in [0, 0.1) is 0 Å². The number of hydrogen-bond donors (Lipinski definition) is 3. The van der Waals surface area contributed by atoms with E-state index >= 15 is 0 Å². The molecule has 114 valence electrons. The van der Waals surface area contributed by atoms with Crippen LogP contribution < -0.4 is 14.8 Å². The zero-order chi connectivity index (χ0) is 15.2. The van der Waals surface area contributed by atoms with E-state index in [0.717, 1.165) is 6.42 Å². The minimum absolute atomic E-state index is 0.0500. The van der Waals surface area contributed by atoms with Gasteiger partial charge < -0.3 is 25.0 Å². The second-order valence-electron chi connectivity index (χ2n) is 4.61. The van der Waals surface area contributed by atoms with E-state index in [1.165, 1.54) is 0 Å². The van der Waals surface area contributed by atoms with Crippen LogP contribution in [0.3, 0.4) is 0 Å². The number of rotatable bonds is 5. The topological polar surface area (TPSA) is 105 Å². The molecule has 1 heterocycles. The van der Waals surface area contributed by atoms with Gasteiger partial charge in [0.05, 0.1) is 13.2 Å². The van der Waals surface area contributed by atoms with Crippen LogP contribution in [-0.4, -0.2) is 48.0 Å². The highest BCUT2D eigenvalue weighted by molar-refractivity contribution is 5.94. The molecule has 1 amide bonds. The Labute approximate surface area is 121 Å². The molecule has 1 atom stereocenters. The van der Waals surface area contributed by atoms with Gasteiger partial charge in [-0.3, -0.25) is 4.79 Å². The molecule has 1 aliphatic rings. The summed E-state index contributed by atoms with van der Waals surface area (Å²) in [4.78, 5) is 22.4. The van der Waals surface area contributed by atoms with Crippen LogP contribution in [0.15, 0.2) is 18.2 Å². The Balaban J connectivity index is 1.93. The predicted octanol–water partition coefficient (Wildman–Crippen LogP) is 0.413. The largest absolute Gasteiger partial charge is 0.490 e. The number of carbonyl (C=O) groups excluding carboxylic acids is 1. The first-order valence-corrected chi connectivity index (χ1v) is 6.66. The maximum absolute atomic E-state index is 11.9. The third-order valence-corrected chi connectivity index (χ3v) is 3.00. The Morgan fingerprint density at radius 3 is 2.67 bits per heavy atom. The van der Waals surface area contributed by atoms with Crippen molar-refractivity contribution in [2.24, 2.45) is 0 Å². The molecular weight excluding hydrogens is 278 g/mol. The maximum atomic E-state index is 11.9. The Morgan fingerprint density at radius 1 is 1.24 bits per heavy atom. The lowest BCUT2D eigenvalue weighted by atomic mass is 10.2. The van der Waals surface area contributed by atoms with Crippen LogP contribution >= 0.6 is 0 Å². The van der Waals surface area contributed by atoms with Gasteiger partial charge >= 0.3 is 5.97 Å². The number of aliphatic hydroxyl groups is 1. The molecule has 3 N–H and O–H groups in total. The third kappa shape index (κ3) is 4.09. The maximum Gasteiger partial charge on any atom is 0.332 e. The van der Waals surface area contributed by atoms with Crippen LogP contribution in [0.1, 0.15) is 23.2 Å². The average Bonchev–Trinajstić information content (AvgIpc) is 2.71. The van der Waals surface area contributed by atoms with Gasteiger partial charge in [-0.15, -0.1) is 0 Å². The van der Waals surface area contributed by atoms with E-state index in [-0.39, 0.29) is 18.9 Å². The van der Waals surface area contributed by atoms with Crippen molar-refractivity contribution in [1.29, 1.82) is 0 Å². The molecule has 0 aliphatic carbocycles. The summed E-state index contributed by atoms with van der Waals surface area (Å²) in [5.41, 5.74) is 0.393. The lowest BCUT2D eigenvalue weighted by Crippen LogP contribution is -2.30. The minimum Gasteiger partial charge on any atom is -0.490 e. The molecule has 0 unspecified atom stereocenters. The van der Waals surface area contributed by atoms with Crippen LogP contribution in [0.4, 0.5) is 0 Å². The van der Waals surface area contributed by atoms with E-state index in [0.29, 0.717) is 30.3 Å². The van der Waals surface area contributed by atoms with Gasteiger partial charge in [-0.25, -0.2) is 4.79 Å². The summed E-state index contributed by atoms with van der Waals surface area (Å²) >= 11 is 0. The summed E-state index contributed by atoms with van der Waals surface area (Å²) in [5.74, 6) is -0.542. The number of fused-ring (bicyclic) bond motifs is 1. The van der Waals surface area contributed by atoms with Gasteiger partial charge in [0.25, 0.3) is 5.91 Å². The molecule has 1 aromatic rings. The zero-order valence-electron chi connectivity index (χ0n) is 11.4. The highest BCUT2D eigenvalue weighted by Gasteiger charge is 2.16. The number of nitrogens with one attached hydrogen (secondary N) is 1. The fourth-order valence-electron chi connectivity index (χ4n) is 1.85. The lowest BCUT2D eigenvalue weighted by Gasteiger charge is -2.10. The van der Waals surface area contributed by atoms with E-state index in [2.05, 4.69) is 5.32 Å². The Bertz CT molecular complexity index is 530. The fourth-order valence-corrected chi connectivity index (χ4v) is 1.85. The standard InChI is InChI=1S/C14H17NO6/c16-10(14(18)19)4-5-15-13(17)9-2-3-11-12(8-9)21-7-1-6-20-11/h2-3,8,10,16H,1,4-7H2,(H,15,17)(H,18,19)/t10-/m0/s1. The van der Waals surface area contributed by atoms with Gasteiger partial charge in [0.15, 0.2) is 17.6 Å². The van der Waals surface area contributed by atoms with Crippen molar-refractivity contribution >= 4 is 11.9 Å². The molecule has 2 rings (SSSR count). The molecule has 0 bridgehead atoms. The smallest absolute Gasteiger partial charge is 0.332 e. The molecule has 0 radical (unpaired) electrons. The molecule has 0 fully saturated rings. The van der Waals surface area contributed by atoms with Crippen molar-refractivity contribution in [3.05, 3.63) is 23.8 Å². The third-order valence-electron chi connectivity index (χ3n) is 3.00. The quantitative estimate of drug-likeness (QED) is 0.727. The first-order chi connectivity index (χ1) is 10.1. The zero-order valence-corrected chi connectivity index (χ0v) is 11.4. The number of aliphatic carboxylic acids is 1. The Morgan fingerprint density at radius 2 is 1.95 bits per heavy atom. The number of hydrogen-bond acceptors (Lipinski definition) is 5. The number of aliphatic hydroxyl groups excluding tert-OH is 1. The molecule has 0 saturated heterocycles. The summed E-state index contributed by atoms with van der Waals surface area (Å²) in [7, 11) is 0. The van der Waals surface area contributed by atoms with Gasteiger partial charge in [0.2, 0.25) is 0 Å². The monoisotopic (exact) mass is 295 g/mol. The molecule has 7 nitrogen and oxygen atoms in total. The van der Waals surface area contributed by atoms with E-state index < -0.39 is 12.1 Å². The highest BCUT2D eigenvalue weighted by atomic mass is 16.5. The van der Waals surface area contributed by atoms with Crippen molar-refractivity contribution in [1.82, 2.24) is 5.32 Å². The van der Waals surface area contributed by atoms with E-state index in [9.17, 15) is 9.59 Å². The molecule has 0 spiro atoms. The second kappa shape index (κ2) is 6.94. The average molecular weight is 295 g/mol. The number of ether oxygens (including phenoxy) is 2. The van der Waals surface area contributed by atoms with Gasteiger partial charge in [0, 0.05) is 24.9 Å². The fraction of sp³-hybridized carbons (Fsp3) is 0.429. The van der Waals surface area contributed by atoms with Gasteiger partial charge in [0.1, 0.15) is 0 Å². The minimum atomic E-state index is -1.48. The molecule has 21 heavy (non-hydrogen) atoms. The Kier molecular flexibility index (Phi) is 4.99. The lowest BCUT2D eigenvalue weighted by molar-refractivity contribution is -0.146. The van der Waals surface area contributed by atoms with Crippen LogP contribution in [0.5, 0.6) is 11.5 Å². The molecular formula is C14H17NO6. The summed E-state index contributed by atoms with van der Waals surface area (Å²) in [5, 5.41) is 20.2. The Hall–Kier alpha value is -2.28. The molecule has 0 saturated carbocycles. The van der Waals surface area contributed by atoms with E-state index in [1.54, 1.807) is 18.2 Å². The molecule has 1 aromatic carbocycles. The van der Waals surface area contributed by atoms with Crippen LogP contribution in [0.2, 0.25) is 0 Å². The summed E-state index contributed by atoms with van der Waals surface area (Å²) in [6.45, 7) is 1.18. The van der Waals surface area contributed by atoms with Gasteiger partial charge in [-0.1, -0.05) is 0 Å². The van der Waals surface area contributed by atoms with Crippen molar-refractivity contribution < 1.29 is 29.3 Å². The van der Waals surface area contributed by atoms with E-state index in [1.807, 2.05) is 0 Å². The number of benzene rings is 1. The van der Waals surface area contributed by atoms with Crippen molar-refractivity contribution in [2.75, 3.05) is 19.8 Å². The number of amides is 1. The second-order valence-corrected chi connectivity index (χ2v) is 4.61. The summed E-state index contributed by atoms with van der Waals surface area (Å²) < 4.78 is 11.0. The van der Waals surface area contributed by atoms with Crippen molar-refractivity contribution in [3.63, 3.8) is 0 Å². The molecule has 0 aromatic heterocycles. The number of carboxylic acids is 1. The molecule has 7 heteroatoms. The number of carboxylic acid groups (broad SMARTS) is 1. The highest BCUT2D eigenvalue weighted by Crippen LogP contribution is 2.30. The van der Waals surface area contributed by atoms with Gasteiger partial charge in [-0.2, -0.15) is 0 Å². The first kappa shape index (κ1) is 15.1. The predicted molar refractivity (Wildman–Crippen MR) is 72.6 cm³/mol. The van der Waals surface area contributed by atoms with Crippen molar-refractivity contribution in [2.45, 2.75) is 18.9 Å². The van der Waals surface area contributed by atoms with Crippen molar-refractivity contribution in [3.8, 4) is 11.5 Å². The van der Waals surface area contributed by atoms with Crippen LogP contribution in [-0.2, 0) is 4.79 Å². The van der Waals surface area contributed by atoms with Crippen LogP contribution in [0.25, 0.3) is 0 Å². The number of carbonyl (C=O) groups is 2. The molecule has 1 aliphatic heterocycles. The normalized spacial score (nSPS) is 14.9. The first-order valence-electron chi connectivity index (χ1n) is 6.66. The summed E-state index contributed by atoms with van der Waals surface area (Å²) in [6.07, 6.45) is -0.747. The SMILES string of the molecule is O=C(NCC[C@H](O)C(=O)O)c1ccc2c(c1)OCCCO2. The summed E-state index contributed by atoms with van der Waals surface area (Å²) in [6, 6.07) is 4.86. The van der Waals surface area contributed by atoms with Gasteiger partial charge in [-0.05, 0) is 18.2 Å². The van der Waals surface area contributed by atoms with E-state index in [4.69, 9.17) is 19.7 Å².